The molecule has 3 aromatic rings. The predicted molar refractivity (Wildman–Crippen MR) is 103 cm³/mol. The summed E-state index contributed by atoms with van der Waals surface area (Å²) >= 11 is 0. The molecule has 236 valence electrons. The van der Waals surface area contributed by atoms with Gasteiger partial charge < -0.3 is 0 Å². The highest BCUT2D eigenvalue weighted by Gasteiger charge is 2.48. The van der Waals surface area contributed by atoms with Gasteiger partial charge in [0.1, 0.15) is 14.7 Å². The molecule has 0 heterocycles. The molecule has 43 heavy (non-hydrogen) atoms. The lowest BCUT2D eigenvalue weighted by Crippen LogP contribution is -2.34. The van der Waals surface area contributed by atoms with Crippen molar-refractivity contribution in [1.29, 1.82) is 0 Å². The van der Waals surface area contributed by atoms with E-state index in [0.717, 1.165) is 0 Å². The zero-order chi connectivity index (χ0) is 33.5. The van der Waals surface area contributed by atoms with Gasteiger partial charge in [-0.05, 0) is 0 Å². The number of sulfone groups is 3. The van der Waals surface area contributed by atoms with Gasteiger partial charge in [-0.15, -0.1) is 0 Å². The molecule has 0 radical (unpaired) electrons. The maximum Gasteiger partial charge on any atom is 0.200 e. The SMILES string of the molecule is O=S(=O)(c1c(F)c(F)c(F)c(F)c1F)[C-](S(=O)(=O)c1c(F)c(F)c(F)c(F)c1F)S(=O)(=O)c1c(F)c(F)c(F)c(F)c1F. The van der Waals surface area contributed by atoms with Gasteiger partial charge in [0.15, 0.2) is 69.8 Å². The van der Waals surface area contributed by atoms with Crippen LogP contribution in [0.5, 0.6) is 0 Å². The molecule has 24 heteroatoms. The van der Waals surface area contributed by atoms with E-state index in [1.807, 2.05) is 0 Å². The van der Waals surface area contributed by atoms with E-state index < -0.39 is 135 Å². The first kappa shape index (κ1) is 34.0. The smallest absolute Gasteiger partial charge is 0.200 e. The van der Waals surface area contributed by atoms with E-state index in [1.165, 1.54) is 0 Å². The van der Waals surface area contributed by atoms with Gasteiger partial charge in [-0.3, -0.25) is 25.3 Å². The number of hydrogen-bond acceptors (Lipinski definition) is 6. The van der Waals surface area contributed by atoms with Crippen LogP contribution in [0, 0.1) is 91.2 Å². The second kappa shape index (κ2) is 10.6. The quantitative estimate of drug-likeness (QED) is 0.119. The second-order valence-corrected chi connectivity index (χ2v) is 13.7. The summed E-state index contributed by atoms with van der Waals surface area (Å²) in [6, 6.07) is 0. The molecule has 0 atom stereocenters. The largest absolute Gasteiger partial charge is 0.255 e. The van der Waals surface area contributed by atoms with E-state index in [0.29, 0.717) is 0 Å². The van der Waals surface area contributed by atoms with Crippen LogP contribution in [0.4, 0.5) is 65.9 Å². The van der Waals surface area contributed by atoms with Crippen molar-refractivity contribution in [1.82, 2.24) is 0 Å². The summed E-state index contributed by atoms with van der Waals surface area (Å²) in [6.07, 6.45) is 0. The van der Waals surface area contributed by atoms with Crippen molar-refractivity contribution in [2.45, 2.75) is 14.7 Å². The molecule has 0 N–H and O–H groups in total. The average Bonchev–Trinajstić information content (AvgIpc) is 2.89. The topological polar surface area (TPSA) is 102 Å². The van der Waals surface area contributed by atoms with Crippen LogP contribution in [0.3, 0.4) is 0 Å². The zero-order valence-electron chi connectivity index (χ0n) is 18.8. The normalized spacial score (nSPS) is 12.8. The summed E-state index contributed by atoms with van der Waals surface area (Å²) in [5, 5.41) is 0. The van der Waals surface area contributed by atoms with E-state index in [1.54, 1.807) is 0 Å². The third kappa shape index (κ3) is 4.69. The first-order chi connectivity index (χ1) is 19.4. The van der Waals surface area contributed by atoms with E-state index in [4.69, 9.17) is 0 Å². The molecule has 0 aliphatic carbocycles. The molecule has 0 aliphatic rings. The molecule has 3 aromatic carbocycles. The first-order valence-electron chi connectivity index (χ1n) is 9.56. The molecular formula is C19F15O6S3-. The Bertz CT molecular complexity index is 1760. The van der Waals surface area contributed by atoms with Crippen molar-refractivity contribution in [3.8, 4) is 0 Å². The van der Waals surface area contributed by atoms with Crippen molar-refractivity contribution >= 4 is 29.5 Å². The number of halogens is 15. The predicted octanol–water partition coefficient (Wildman–Crippen LogP) is 4.94. The molecule has 0 bridgehead atoms. The molecule has 0 fully saturated rings. The molecule has 6 nitrogen and oxygen atoms in total. The molecule has 0 spiro atoms. The Morgan fingerprint density at radius 1 is 0.256 bits per heavy atom. The van der Waals surface area contributed by atoms with Gasteiger partial charge in [0.25, 0.3) is 0 Å². The van der Waals surface area contributed by atoms with Crippen LogP contribution < -0.4 is 0 Å². The number of benzene rings is 3. The highest BCUT2D eigenvalue weighted by Crippen LogP contribution is 2.45. The average molecular weight is 705 g/mol. The van der Waals surface area contributed by atoms with E-state index >= 15 is 0 Å². The Morgan fingerprint density at radius 3 is 0.512 bits per heavy atom. The van der Waals surface area contributed by atoms with Crippen molar-refractivity contribution in [2.24, 2.45) is 0 Å². The van der Waals surface area contributed by atoms with Gasteiger partial charge in [-0.2, -0.15) is 0 Å². The van der Waals surface area contributed by atoms with E-state index in [-0.39, 0.29) is 0 Å². The lowest BCUT2D eigenvalue weighted by atomic mass is 10.3. The van der Waals surface area contributed by atoms with Gasteiger partial charge in [0.05, 0.1) is 33.4 Å². The van der Waals surface area contributed by atoms with Gasteiger partial charge in [-0.25, -0.2) is 65.9 Å². The fourth-order valence-corrected chi connectivity index (χ4v) is 10.6. The van der Waals surface area contributed by atoms with E-state index in [9.17, 15) is 91.1 Å². The number of hydrogen-bond donors (Lipinski definition) is 0. The zero-order valence-corrected chi connectivity index (χ0v) is 21.3. The summed E-state index contributed by atoms with van der Waals surface area (Å²) in [7, 11) is -23.6. The minimum atomic E-state index is -7.87. The molecule has 3 rings (SSSR count). The van der Waals surface area contributed by atoms with Crippen LogP contribution in [0.25, 0.3) is 0 Å². The van der Waals surface area contributed by atoms with Gasteiger partial charge >= 0.3 is 0 Å². The van der Waals surface area contributed by atoms with Crippen LogP contribution in [0.1, 0.15) is 0 Å². The van der Waals surface area contributed by atoms with Gasteiger partial charge in [-0.1, -0.05) is 0 Å². The van der Waals surface area contributed by atoms with Crippen molar-refractivity contribution in [3.63, 3.8) is 0 Å². The maximum atomic E-state index is 14.4. The molecular weight excluding hydrogens is 705 g/mol. The van der Waals surface area contributed by atoms with Gasteiger partial charge in [0, 0.05) is 0 Å². The Labute approximate surface area is 226 Å². The summed E-state index contributed by atoms with van der Waals surface area (Å²) in [4.78, 5) is -10.8. The molecule has 0 saturated carbocycles. The van der Waals surface area contributed by atoms with Crippen molar-refractivity contribution in [2.75, 3.05) is 0 Å². The molecule has 0 saturated heterocycles. The highest BCUT2D eigenvalue weighted by atomic mass is 32.3. The van der Waals surface area contributed by atoms with Crippen LogP contribution >= 0.6 is 0 Å². The Hall–Kier alpha value is -3.54. The lowest BCUT2D eigenvalue weighted by Gasteiger charge is -2.31. The van der Waals surface area contributed by atoms with Crippen molar-refractivity contribution < 1.29 is 91.1 Å². The minimum Gasteiger partial charge on any atom is -0.255 e. The number of rotatable bonds is 6. The maximum absolute atomic E-state index is 14.4. The Morgan fingerprint density at radius 2 is 0.372 bits per heavy atom. The summed E-state index contributed by atoms with van der Waals surface area (Å²) in [6.45, 7) is 0. The third-order valence-electron chi connectivity index (χ3n) is 4.97. The second-order valence-electron chi connectivity index (χ2n) is 7.46. The Kier molecular flexibility index (Phi) is 8.35. The van der Waals surface area contributed by atoms with Gasteiger partial charge in [0.2, 0.25) is 17.5 Å². The minimum absolute atomic E-state index is 3.24. The van der Waals surface area contributed by atoms with E-state index in [2.05, 4.69) is 0 Å². The highest BCUT2D eigenvalue weighted by molar-refractivity contribution is 8.29. The summed E-state index contributed by atoms with van der Waals surface area (Å²) in [5.41, 5.74) is 0. The molecule has 0 amide bonds. The third-order valence-corrected chi connectivity index (χ3v) is 12.9. The summed E-state index contributed by atoms with van der Waals surface area (Å²) < 4.78 is 283. The fraction of sp³-hybridized carbons (Fsp3) is 0. The Balaban J connectivity index is 2.71. The van der Waals surface area contributed by atoms with Crippen LogP contribution in [0.2, 0.25) is 0 Å². The van der Waals surface area contributed by atoms with Crippen LogP contribution in [-0.2, 0) is 29.5 Å². The standard InChI is InChI=1S/C19F15O6S3/c20-1-4(23)10(29)16(11(30)5(1)24)41(35,36)19(42(37,38)17-12(31)6(25)2(21)7(26)13(17)32)43(39,40)18-14(33)8(27)3(22)9(28)15(18)34/q-1. The lowest BCUT2D eigenvalue weighted by molar-refractivity contribution is 0.357. The van der Waals surface area contributed by atoms with Crippen LogP contribution in [-0.4, -0.2) is 25.3 Å². The monoisotopic (exact) mass is 705 g/mol. The molecule has 0 aliphatic heterocycles. The first-order valence-corrected chi connectivity index (χ1v) is 14.0. The van der Waals surface area contributed by atoms with Crippen molar-refractivity contribution in [3.05, 3.63) is 91.2 Å². The fourth-order valence-electron chi connectivity index (χ4n) is 3.15. The summed E-state index contributed by atoms with van der Waals surface area (Å²) in [5.74, 6) is -51.9. The molecule has 0 aromatic heterocycles. The molecule has 0 unspecified atom stereocenters. The van der Waals surface area contributed by atoms with Crippen LogP contribution in [0.15, 0.2) is 14.7 Å².